The monoisotopic (exact) mass is 311 g/mol. The molecule has 2 aromatic rings. The average molecular weight is 311 g/mol. The van der Waals surface area contributed by atoms with Crippen molar-refractivity contribution in [2.75, 3.05) is 20.4 Å². The first-order chi connectivity index (χ1) is 11.2. The van der Waals surface area contributed by atoms with Gasteiger partial charge < -0.3 is 19.5 Å². The van der Waals surface area contributed by atoms with Crippen LogP contribution in [0.4, 0.5) is 0 Å². The van der Waals surface area contributed by atoms with Crippen LogP contribution in [-0.4, -0.2) is 20.4 Å². The first kappa shape index (κ1) is 14.4. The molecule has 2 heterocycles. The molecule has 0 aliphatic carbocycles. The van der Waals surface area contributed by atoms with E-state index < -0.39 is 0 Å². The molecule has 4 nitrogen and oxygen atoms in total. The molecule has 1 atom stereocenters. The maximum Gasteiger partial charge on any atom is 0.231 e. The van der Waals surface area contributed by atoms with E-state index in [0.29, 0.717) is 6.79 Å². The fourth-order valence-corrected chi connectivity index (χ4v) is 3.44. The Morgan fingerprint density at radius 3 is 2.52 bits per heavy atom. The summed E-state index contributed by atoms with van der Waals surface area (Å²) >= 11 is 0. The lowest BCUT2D eigenvalue weighted by atomic mass is 9.87. The summed E-state index contributed by atoms with van der Waals surface area (Å²) < 4.78 is 16.7. The number of hydrogen-bond acceptors (Lipinski definition) is 4. The van der Waals surface area contributed by atoms with E-state index in [1.165, 1.54) is 27.8 Å². The third kappa shape index (κ3) is 2.34. The van der Waals surface area contributed by atoms with Crippen molar-refractivity contribution in [2.24, 2.45) is 0 Å². The van der Waals surface area contributed by atoms with Gasteiger partial charge in [-0.15, -0.1) is 0 Å². The SMILES string of the molecule is COc1cc(C)c(C)cc1C1NCCc2cc3c(cc21)OCO3. The number of hydrogen-bond donors (Lipinski definition) is 1. The van der Waals surface area contributed by atoms with Crippen molar-refractivity contribution in [1.29, 1.82) is 0 Å². The van der Waals surface area contributed by atoms with Crippen molar-refractivity contribution in [3.8, 4) is 17.2 Å². The molecule has 2 aromatic carbocycles. The predicted molar refractivity (Wildman–Crippen MR) is 88.6 cm³/mol. The lowest BCUT2D eigenvalue weighted by Crippen LogP contribution is -2.31. The molecule has 0 amide bonds. The van der Waals surface area contributed by atoms with E-state index in [-0.39, 0.29) is 6.04 Å². The molecule has 120 valence electrons. The summed E-state index contributed by atoms with van der Waals surface area (Å²) in [5, 5.41) is 3.63. The third-order valence-electron chi connectivity index (χ3n) is 4.85. The third-order valence-corrected chi connectivity index (χ3v) is 4.85. The van der Waals surface area contributed by atoms with Crippen molar-refractivity contribution in [3.05, 3.63) is 52.1 Å². The summed E-state index contributed by atoms with van der Waals surface area (Å²) in [5.74, 6) is 2.62. The fourth-order valence-electron chi connectivity index (χ4n) is 3.44. The molecule has 0 saturated carbocycles. The molecule has 4 rings (SSSR count). The summed E-state index contributed by atoms with van der Waals surface area (Å²) in [6, 6.07) is 8.70. The van der Waals surface area contributed by atoms with Crippen LogP contribution in [0.3, 0.4) is 0 Å². The van der Waals surface area contributed by atoms with Gasteiger partial charge in [0, 0.05) is 12.1 Å². The molecule has 1 unspecified atom stereocenters. The number of fused-ring (bicyclic) bond motifs is 2. The van der Waals surface area contributed by atoms with Gasteiger partial charge in [-0.05, 0) is 60.7 Å². The smallest absolute Gasteiger partial charge is 0.231 e. The lowest BCUT2D eigenvalue weighted by molar-refractivity contribution is 0.174. The summed E-state index contributed by atoms with van der Waals surface area (Å²) in [6.07, 6.45) is 0.996. The maximum atomic E-state index is 5.65. The molecule has 0 aromatic heterocycles. The Bertz CT molecular complexity index is 770. The quantitative estimate of drug-likeness (QED) is 0.924. The van der Waals surface area contributed by atoms with Crippen LogP contribution in [0, 0.1) is 13.8 Å². The van der Waals surface area contributed by atoms with Gasteiger partial charge in [0.15, 0.2) is 11.5 Å². The van der Waals surface area contributed by atoms with E-state index in [9.17, 15) is 0 Å². The van der Waals surface area contributed by atoms with E-state index in [0.717, 1.165) is 30.2 Å². The molecule has 0 radical (unpaired) electrons. The van der Waals surface area contributed by atoms with Gasteiger partial charge in [0.1, 0.15) is 5.75 Å². The average Bonchev–Trinajstić information content (AvgIpc) is 3.01. The van der Waals surface area contributed by atoms with E-state index in [2.05, 4.69) is 43.4 Å². The normalized spacial score (nSPS) is 18.7. The van der Waals surface area contributed by atoms with Crippen LogP contribution in [0.25, 0.3) is 0 Å². The van der Waals surface area contributed by atoms with Gasteiger partial charge in [0.2, 0.25) is 6.79 Å². The van der Waals surface area contributed by atoms with E-state index in [1.54, 1.807) is 7.11 Å². The van der Waals surface area contributed by atoms with Crippen LogP contribution in [-0.2, 0) is 6.42 Å². The molecule has 4 heteroatoms. The minimum atomic E-state index is 0.113. The highest BCUT2D eigenvalue weighted by Gasteiger charge is 2.28. The molecule has 0 fully saturated rings. The minimum Gasteiger partial charge on any atom is -0.496 e. The summed E-state index contributed by atoms with van der Waals surface area (Å²) in [4.78, 5) is 0. The number of nitrogens with one attached hydrogen (secondary N) is 1. The number of ether oxygens (including phenoxy) is 3. The van der Waals surface area contributed by atoms with Gasteiger partial charge in [0.25, 0.3) is 0 Å². The van der Waals surface area contributed by atoms with Crippen molar-refractivity contribution >= 4 is 0 Å². The van der Waals surface area contributed by atoms with Crippen LogP contribution in [0.1, 0.15) is 33.9 Å². The Morgan fingerprint density at radius 1 is 1.00 bits per heavy atom. The van der Waals surface area contributed by atoms with Crippen LogP contribution in [0.15, 0.2) is 24.3 Å². The first-order valence-corrected chi connectivity index (χ1v) is 7.98. The van der Waals surface area contributed by atoms with Gasteiger partial charge in [-0.2, -0.15) is 0 Å². The van der Waals surface area contributed by atoms with Crippen molar-refractivity contribution in [1.82, 2.24) is 5.32 Å². The second-order valence-corrected chi connectivity index (χ2v) is 6.22. The molecule has 0 bridgehead atoms. The molecule has 1 N–H and O–H groups in total. The lowest BCUT2D eigenvalue weighted by Gasteiger charge is -2.29. The first-order valence-electron chi connectivity index (χ1n) is 7.98. The van der Waals surface area contributed by atoms with Crippen molar-refractivity contribution in [2.45, 2.75) is 26.3 Å². The standard InChI is InChI=1S/C19H21NO3/c1-11-6-15(16(21-3)7-12(11)2)19-14-9-18-17(22-10-23-18)8-13(14)4-5-20-19/h6-9,19-20H,4-5,10H2,1-3H3. The zero-order chi connectivity index (χ0) is 16.0. The van der Waals surface area contributed by atoms with Gasteiger partial charge >= 0.3 is 0 Å². The minimum absolute atomic E-state index is 0.113. The maximum absolute atomic E-state index is 5.65. The molecule has 23 heavy (non-hydrogen) atoms. The van der Waals surface area contributed by atoms with Gasteiger partial charge in [0.05, 0.1) is 13.2 Å². The highest BCUT2D eigenvalue weighted by atomic mass is 16.7. The largest absolute Gasteiger partial charge is 0.496 e. The second kappa shape index (κ2) is 5.46. The number of methoxy groups -OCH3 is 1. The van der Waals surface area contributed by atoms with Crippen molar-refractivity contribution < 1.29 is 14.2 Å². The van der Waals surface area contributed by atoms with E-state index >= 15 is 0 Å². The molecule has 0 spiro atoms. The zero-order valence-corrected chi connectivity index (χ0v) is 13.7. The summed E-state index contributed by atoms with van der Waals surface area (Å²) in [5.41, 5.74) is 6.26. The van der Waals surface area contributed by atoms with Crippen molar-refractivity contribution in [3.63, 3.8) is 0 Å². The highest BCUT2D eigenvalue weighted by molar-refractivity contribution is 5.55. The fraction of sp³-hybridized carbons (Fsp3) is 0.368. The second-order valence-electron chi connectivity index (χ2n) is 6.22. The highest BCUT2D eigenvalue weighted by Crippen LogP contribution is 2.42. The molecular formula is C19H21NO3. The summed E-state index contributed by atoms with van der Waals surface area (Å²) in [6.45, 7) is 5.50. The Labute approximate surface area is 136 Å². The topological polar surface area (TPSA) is 39.7 Å². The van der Waals surface area contributed by atoms with Gasteiger partial charge in [-0.1, -0.05) is 6.07 Å². The Kier molecular flexibility index (Phi) is 3.42. The summed E-state index contributed by atoms with van der Waals surface area (Å²) in [7, 11) is 1.73. The van der Waals surface area contributed by atoms with E-state index in [1.807, 2.05) is 0 Å². The number of rotatable bonds is 2. The molecular weight excluding hydrogens is 290 g/mol. The van der Waals surface area contributed by atoms with Crippen LogP contribution < -0.4 is 19.5 Å². The van der Waals surface area contributed by atoms with Gasteiger partial charge in [-0.25, -0.2) is 0 Å². The predicted octanol–water partition coefficient (Wildman–Crippen LogP) is 3.28. The molecule has 0 saturated heterocycles. The van der Waals surface area contributed by atoms with Crippen LogP contribution in [0.5, 0.6) is 17.2 Å². The molecule has 2 aliphatic heterocycles. The van der Waals surface area contributed by atoms with E-state index in [4.69, 9.17) is 14.2 Å². The van der Waals surface area contributed by atoms with Crippen LogP contribution in [0.2, 0.25) is 0 Å². The number of benzene rings is 2. The molecule has 2 aliphatic rings. The zero-order valence-electron chi connectivity index (χ0n) is 13.7. The van der Waals surface area contributed by atoms with Gasteiger partial charge in [-0.3, -0.25) is 0 Å². The van der Waals surface area contributed by atoms with Crippen LogP contribution >= 0.6 is 0 Å². The Hall–Kier alpha value is -2.20. The number of aryl methyl sites for hydroxylation is 2. The Morgan fingerprint density at radius 2 is 1.74 bits per heavy atom. The Balaban J connectivity index is 1.85.